The molecule has 0 aliphatic rings. The van der Waals surface area contributed by atoms with E-state index >= 15 is 0 Å². The van der Waals surface area contributed by atoms with Crippen molar-refractivity contribution in [2.24, 2.45) is 5.73 Å². The molecule has 5 heteroatoms. The summed E-state index contributed by atoms with van der Waals surface area (Å²) in [5.41, 5.74) is 6.93. The number of aromatic nitrogens is 2. The quantitative estimate of drug-likeness (QED) is 0.767. The highest BCUT2D eigenvalue weighted by Crippen LogP contribution is 2.09. The molecule has 0 saturated carbocycles. The van der Waals surface area contributed by atoms with Gasteiger partial charge in [0.05, 0.1) is 11.0 Å². The van der Waals surface area contributed by atoms with Gasteiger partial charge in [0.15, 0.2) is 0 Å². The number of carbonyl (C=O) groups excluding carboxylic acids is 1. The monoisotopic (exact) mass is 217 g/mol. The smallest absolute Gasteiger partial charge is 0.356 e. The molecule has 2 aromatic rings. The minimum atomic E-state index is -0.462. The van der Waals surface area contributed by atoms with Crippen LogP contribution >= 0.6 is 0 Å². The van der Waals surface area contributed by atoms with Crippen molar-refractivity contribution in [2.75, 3.05) is 13.2 Å². The predicted octanol–water partition coefficient (Wildman–Crippen LogP) is 0.745. The highest BCUT2D eigenvalue weighted by atomic mass is 16.5. The molecule has 0 aliphatic heterocycles. The number of rotatable bonds is 3. The van der Waals surface area contributed by atoms with E-state index in [1.54, 1.807) is 30.5 Å². The van der Waals surface area contributed by atoms with Crippen LogP contribution in [0.25, 0.3) is 11.0 Å². The van der Waals surface area contributed by atoms with E-state index in [-0.39, 0.29) is 12.3 Å². The molecule has 5 nitrogen and oxygen atoms in total. The van der Waals surface area contributed by atoms with Gasteiger partial charge >= 0.3 is 5.97 Å². The normalized spacial score (nSPS) is 10.3. The van der Waals surface area contributed by atoms with Crippen molar-refractivity contribution < 1.29 is 9.53 Å². The fourth-order valence-corrected chi connectivity index (χ4v) is 1.30. The van der Waals surface area contributed by atoms with Crippen LogP contribution in [0.4, 0.5) is 0 Å². The van der Waals surface area contributed by atoms with E-state index in [9.17, 15) is 4.79 Å². The van der Waals surface area contributed by atoms with Crippen LogP contribution in [0.1, 0.15) is 10.5 Å². The Hall–Kier alpha value is -2.01. The molecule has 2 heterocycles. The van der Waals surface area contributed by atoms with Crippen molar-refractivity contribution in [3.63, 3.8) is 0 Å². The topological polar surface area (TPSA) is 78.1 Å². The summed E-state index contributed by atoms with van der Waals surface area (Å²) in [4.78, 5) is 19.7. The number of nitrogens with two attached hydrogens (primary N) is 1. The maximum absolute atomic E-state index is 11.5. The SMILES string of the molecule is NCCOC(=O)c1ccc2ncccc2n1. The van der Waals surface area contributed by atoms with E-state index in [1.165, 1.54) is 0 Å². The van der Waals surface area contributed by atoms with Gasteiger partial charge in [-0.2, -0.15) is 0 Å². The first-order valence-electron chi connectivity index (χ1n) is 4.90. The summed E-state index contributed by atoms with van der Waals surface area (Å²) in [5, 5.41) is 0. The molecule has 16 heavy (non-hydrogen) atoms. The van der Waals surface area contributed by atoms with Gasteiger partial charge < -0.3 is 10.5 Å². The molecular weight excluding hydrogens is 206 g/mol. The Morgan fingerprint density at radius 2 is 2.19 bits per heavy atom. The molecule has 2 rings (SSSR count). The number of carbonyl (C=O) groups is 1. The zero-order valence-corrected chi connectivity index (χ0v) is 8.59. The van der Waals surface area contributed by atoms with Gasteiger partial charge in [-0.05, 0) is 24.3 Å². The summed E-state index contributed by atoms with van der Waals surface area (Å²) in [5.74, 6) is -0.462. The Labute approximate surface area is 92.3 Å². The van der Waals surface area contributed by atoms with Crippen molar-refractivity contribution in [1.29, 1.82) is 0 Å². The zero-order valence-electron chi connectivity index (χ0n) is 8.59. The first kappa shape index (κ1) is 10.5. The van der Waals surface area contributed by atoms with E-state index < -0.39 is 5.97 Å². The van der Waals surface area contributed by atoms with Crippen LogP contribution in [0.5, 0.6) is 0 Å². The minimum absolute atomic E-state index is 0.200. The number of ether oxygens (including phenoxy) is 1. The molecule has 2 aromatic heterocycles. The third-order valence-corrected chi connectivity index (χ3v) is 2.02. The van der Waals surface area contributed by atoms with Crippen molar-refractivity contribution >= 4 is 17.0 Å². The molecule has 0 fully saturated rings. The van der Waals surface area contributed by atoms with Gasteiger partial charge in [0, 0.05) is 12.7 Å². The van der Waals surface area contributed by atoms with Crippen LogP contribution < -0.4 is 5.73 Å². The van der Waals surface area contributed by atoms with E-state index in [2.05, 4.69) is 9.97 Å². The Bertz CT molecular complexity index is 513. The molecule has 2 N–H and O–H groups in total. The second-order valence-corrected chi connectivity index (χ2v) is 3.16. The van der Waals surface area contributed by atoms with Crippen molar-refractivity contribution in [1.82, 2.24) is 9.97 Å². The van der Waals surface area contributed by atoms with Crippen molar-refractivity contribution in [3.05, 3.63) is 36.2 Å². The lowest BCUT2D eigenvalue weighted by molar-refractivity contribution is 0.0510. The fourth-order valence-electron chi connectivity index (χ4n) is 1.30. The molecule has 82 valence electrons. The van der Waals surface area contributed by atoms with Gasteiger partial charge in [0.2, 0.25) is 0 Å². The molecule has 0 radical (unpaired) electrons. The lowest BCUT2D eigenvalue weighted by Gasteiger charge is -2.02. The molecule has 0 amide bonds. The molecule has 0 spiro atoms. The van der Waals surface area contributed by atoms with Crippen LogP contribution in [-0.2, 0) is 4.74 Å². The van der Waals surface area contributed by atoms with Crippen molar-refractivity contribution in [2.45, 2.75) is 0 Å². The summed E-state index contributed by atoms with van der Waals surface area (Å²) in [6.45, 7) is 0.506. The number of fused-ring (bicyclic) bond motifs is 1. The number of pyridine rings is 2. The molecule has 0 aromatic carbocycles. The van der Waals surface area contributed by atoms with Crippen LogP contribution in [-0.4, -0.2) is 29.1 Å². The lowest BCUT2D eigenvalue weighted by atomic mass is 10.3. The highest BCUT2D eigenvalue weighted by molar-refractivity contribution is 5.90. The summed E-state index contributed by atoms with van der Waals surface area (Å²) < 4.78 is 4.88. The predicted molar refractivity (Wildman–Crippen MR) is 58.9 cm³/mol. The molecule has 0 unspecified atom stereocenters. The first-order valence-corrected chi connectivity index (χ1v) is 4.90. The number of esters is 1. The second kappa shape index (κ2) is 4.67. The zero-order chi connectivity index (χ0) is 11.4. The maximum Gasteiger partial charge on any atom is 0.356 e. The van der Waals surface area contributed by atoms with Gasteiger partial charge in [0.25, 0.3) is 0 Å². The Balaban J connectivity index is 2.28. The molecule has 0 aliphatic carbocycles. The number of hydrogen-bond acceptors (Lipinski definition) is 5. The number of nitrogens with zero attached hydrogens (tertiary/aromatic N) is 2. The van der Waals surface area contributed by atoms with Crippen LogP contribution in [0, 0.1) is 0 Å². The van der Waals surface area contributed by atoms with E-state index in [0.29, 0.717) is 12.1 Å². The minimum Gasteiger partial charge on any atom is -0.460 e. The summed E-state index contributed by atoms with van der Waals surface area (Å²) in [6, 6.07) is 6.89. The van der Waals surface area contributed by atoms with Gasteiger partial charge in [-0.3, -0.25) is 4.98 Å². The van der Waals surface area contributed by atoms with Gasteiger partial charge in [-0.25, -0.2) is 9.78 Å². The summed E-state index contributed by atoms with van der Waals surface area (Å²) >= 11 is 0. The summed E-state index contributed by atoms with van der Waals surface area (Å²) in [7, 11) is 0. The van der Waals surface area contributed by atoms with E-state index in [1.807, 2.05) is 0 Å². The first-order chi connectivity index (χ1) is 7.81. The average molecular weight is 217 g/mol. The Morgan fingerprint density at radius 3 is 3.00 bits per heavy atom. The lowest BCUT2D eigenvalue weighted by Crippen LogP contribution is -2.14. The van der Waals surface area contributed by atoms with Crippen molar-refractivity contribution in [3.8, 4) is 0 Å². The fraction of sp³-hybridized carbons (Fsp3) is 0.182. The van der Waals surface area contributed by atoms with Crippen LogP contribution in [0.15, 0.2) is 30.5 Å². The highest BCUT2D eigenvalue weighted by Gasteiger charge is 2.08. The third-order valence-electron chi connectivity index (χ3n) is 2.02. The van der Waals surface area contributed by atoms with Gasteiger partial charge in [-0.15, -0.1) is 0 Å². The van der Waals surface area contributed by atoms with Crippen LogP contribution in [0.2, 0.25) is 0 Å². The third kappa shape index (κ3) is 2.14. The second-order valence-electron chi connectivity index (χ2n) is 3.16. The largest absolute Gasteiger partial charge is 0.460 e. The van der Waals surface area contributed by atoms with Crippen LogP contribution in [0.3, 0.4) is 0 Å². The van der Waals surface area contributed by atoms with Gasteiger partial charge in [0.1, 0.15) is 12.3 Å². The van der Waals surface area contributed by atoms with E-state index in [0.717, 1.165) is 5.52 Å². The number of hydrogen-bond donors (Lipinski definition) is 1. The Morgan fingerprint density at radius 1 is 1.31 bits per heavy atom. The van der Waals surface area contributed by atoms with Gasteiger partial charge in [-0.1, -0.05) is 0 Å². The molecule has 0 saturated heterocycles. The molecule has 0 bridgehead atoms. The average Bonchev–Trinajstić information content (AvgIpc) is 2.35. The molecular formula is C11H11N3O2. The Kier molecular flexibility index (Phi) is 3.07. The van der Waals surface area contributed by atoms with E-state index in [4.69, 9.17) is 10.5 Å². The molecule has 0 atom stereocenters. The standard InChI is InChI=1S/C11H11N3O2/c12-5-7-16-11(15)10-4-3-8-9(14-10)2-1-6-13-8/h1-4,6H,5,7,12H2. The maximum atomic E-state index is 11.5. The summed E-state index contributed by atoms with van der Waals surface area (Å²) in [6.07, 6.45) is 1.68.